The quantitative estimate of drug-likeness (QED) is 0.732. The Hall–Kier alpha value is -1.88. The van der Waals surface area contributed by atoms with Crippen LogP contribution in [-0.2, 0) is 9.53 Å². The average Bonchev–Trinajstić information content (AvgIpc) is 2.18. The van der Waals surface area contributed by atoms with E-state index in [-0.39, 0.29) is 17.9 Å². The van der Waals surface area contributed by atoms with E-state index in [0.29, 0.717) is 0 Å². The van der Waals surface area contributed by atoms with E-state index < -0.39 is 11.9 Å². The van der Waals surface area contributed by atoms with Crippen molar-refractivity contribution in [3.05, 3.63) is 29.8 Å². The Balaban J connectivity index is 2.84. The lowest BCUT2D eigenvalue weighted by Crippen LogP contribution is -2.25. The van der Waals surface area contributed by atoms with Gasteiger partial charge in [-0.25, -0.2) is 0 Å². The molecule has 0 radical (unpaired) electrons. The van der Waals surface area contributed by atoms with Gasteiger partial charge in [-0.1, -0.05) is 18.2 Å². The topological polar surface area (TPSA) is 78.5 Å². The van der Waals surface area contributed by atoms with Crippen molar-refractivity contribution < 1.29 is 19.4 Å². The lowest BCUT2D eigenvalue weighted by atomic mass is 10.2. The van der Waals surface area contributed by atoms with Gasteiger partial charge in [0.15, 0.2) is 0 Å². The van der Waals surface area contributed by atoms with Crippen molar-refractivity contribution in [2.24, 2.45) is 0 Å². The second kappa shape index (κ2) is 5.11. The number of aromatic carboxylic acids is 1. The molecule has 1 aromatic carbocycles. The van der Waals surface area contributed by atoms with Gasteiger partial charge in [0.2, 0.25) is 5.91 Å². The van der Waals surface area contributed by atoms with E-state index in [1.807, 2.05) is 0 Å². The molecule has 0 saturated heterocycles. The van der Waals surface area contributed by atoms with Gasteiger partial charge in [0.1, 0.15) is 6.61 Å². The van der Waals surface area contributed by atoms with Gasteiger partial charge in [0.05, 0.1) is 5.97 Å². The van der Waals surface area contributed by atoms with Gasteiger partial charge >= 0.3 is 0 Å². The number of hydrogen-bond acceptors (Lipinski definition) is 4. The maximum absolute atomic E-state index is 11.1. The molecule has 0 spiro atoms. The summed E-state index contributed by atoms with van der Waals surface area (Å²) in [5.41, 5.74) is 0.154. The first-order valence-electron chi connectivity index (χ1n) is 4.24. The molecule has 0 saturated carbocycles. The second-order valence-electron chi connectivity index (χ2n) is 2.81. The number of carbonyl (C=O) groups excluding carboxylic acids is 2. The predicted octanol–water partition coefficient (Wildman–Crippen LogP) is -0.365. The third-order valence-electron chi connectivity index (χ3n) is 1.70. The number of ether oxygens (including phenoxy) is 1. The number of carboxylic acids is 1. The van der Waals surface area contributed by atoms with Gasteiger partial charge in [-0.3, -0.25) is 4.79 Å². The van der Waals surface area contributed by atoms with Crippen LogP contribution in [0.15, 0.2) is 24.3 Å². The molecule has 5 nitrogen and oxygen atoms in total. The van der Waals surface area contributed by atoms with E-state index >= 15 is 0 Å². The summed E-state index contributed by atoms with van der Waals surface area (Å²) in [5, 5.41) is 13.1. The highest BCUT2D eigenvalue weighted by molar-refractivity contribution is 6.00. The predicted molar refractivity (Wildman–Crippen MR) is 51.3 cm³/mol. The Morgan fingerprint density at radius 3 is 2.67 bits per heavy atom. The van der Waals surface area contributed by atoms with Crippen LogP contribution in [0.2, 0.25) is 0 Å². The third kappa shape index (κ3) is 3.07. The van der Waals surface area contributed by atoms with Crippen LogP contribution in [0.5, 0.6) is 0 Å². The molecule has 0 fully saturated rings. The zero-order chi connectivity index (χ0) is 11.3. The summed E-state index contributed by atoms with van der Waals surface area (Å²) in [5.74, 6) is -1.74. The number of rotatable bonds is 4. The monoisotopic (exact) mass is 208 g/mol. The molecule has 1 rings (SSSR count). The molecule has 0 aliphatic carbocycles. The van der Waals surface area contributed by atoms with Crippen molar-refractivity contribution in [3.8, 4) is 0 Å². The van der Waals surface area contributed by atoms with Gasteiger partial charge in [0.25, 0.3) is 0 Å². The van der Waals surface area contributed by atoms with E-state index in [1.165, 1.54) is 19.2 Å². The molecule has 5 heteroatoms. The molecule has 1 N–H and O–H groups in total. The number of benzene rings is 1. The molecule has 0 aromatic heterocycles. The van der Waals surface area contributed by atoms with Crippen molar-refractivity contribution >= 4 is 17.6 Å². The van der Waals surface area contributed by atoms with Crippen molar-refractivity contribution in [2.75, 3.05) is 19.0 Å². The molecule has 1 aromatic rings. The van der Waals surface area contributed by atoms with Crippen molar-refractivity contribution in [1.29, 1.82) is 0 Å². The number of para-hydroxylation sites is 1. The van der Waals surface area contributed by atoms with Crippen LogP contribution in [-0.4, -0.2) is 25.6 Å². The molecule has 0 aliphatic rings. The maximum atomic E-state index is 11.1. The van der Waals surface area contributed by atoms with Gasteiger partial charge in [-0.15, -0.1) is 0 Å². The Kier molecular flexibility index (Phi) is 3.82. The summed E-state index contributed by atoms with van der Waals surface area (Å²) < 4.78 is 4.60. The smallest absolute Gasteiger partial charge is 0.250 e. The Morgan fingerprint density at radius 1 is 1.40 bits per heavy atom. The summed E-state index contributed by atoms with van der Waals surface area (Å²) in [6, 6.07) is 6.02. The lowest BCUT2D eigenvalue weighted by Gasteiger charge is -2.10. The van der Waals surface area contributed by atoms with Crippen LogP contribution in [0.25, 0.3) is 0 Å². The van der Waals surface area contributed by atoms with Crippen molar-refractivity contribution in [1.82, 2.24) is 0 Å². The van der Waals surface area contributed by atoms with E-state index in [4.69, 9.17) is 0 Å². The number of anilines is 1. The highest BCUT2D eigenvalue weighted by Crippen LogP contribution is 2.13. The Labute approximate surface area is 86.7 Å². The van der Waals surface area contributed by atoms with E-state index in [2.05, 4.69) is 10.1 Å². The van der Waals surface area contributed by atoms with E-state index in [0.717, 1.165) is 0 Å². The molecule has 80 valence electrons. The Bertz CT molecular complexity index is 375. The SMILES string of the molecule is COCC(=O)Nc1ccccc1C(=O)[O-]. The number of carboxylic acid groups (broad SMARTS) is 1. The minimum atomic E-state index is -1.33. The summed E-state index contributed by atoms with van der Waals surface area (Å²) in [6.45, 7) is -0.124. The molecule has 0 unspecified atom stereocenters. The molecular formula is C10H10NO4-. The molecular weight excluding hydrogens is 198 g/mol. The first-order chi connectivity index (χ1) is 7.15. The highest BCUT2D eigenvalue weighted by atomic mass is 16.5. The number of methoxy groups -OCH3 is 1. The van der Waals surface area contributed by atoms with E-state index in [9.17, 15) is 14.7 Å². The summed E-state index contributed by atoms with van der Waals surface area (Å²) >= 11 is 0. The molecule has 0 bridgehead atoms. The minimum absolute atomic E-state index is 0.0537. The number of hydrogen-bond donors (Lipinski definition) is 1. The largest absolute Gasteiger partial charge is 0.545 e. The second-order valence-corrected chi connectivity index (χ2v) is 2.81. The van der Waals surface area contributed by atoms with Gasteiger partial charge < -0.3 is 20.0 Å². The first-order valence-corrected chi connectivity index (χ1v) is 4.24. The summed E-state index contributed by atoms with van der Waals surface area (Å²) in [4.78, 5) is 21.8. The average molecular weight is 208 g/mol. The van der Waals surface area contributed by atoms with Crippen molar-refractivity contribution in [3.63, 3.8) is 0 Å². The molecule has 1 amide bonds. The van der Waals surface area contributed by atoms with Gasteiger partial charge in [-0.2, -0.15) is 0 Å². The summed E-state index contributed by atoms with van der Waals surface area (Å²) in [6.07, 6.45) is 0. The molecule has 0 aliphatic heterocycles. The normalized spacial score (nSPS) is 9.67. The first kappa shape index (κ1) is 11.2. The molecule has 0 heterocycles. The standard InChI is InChI=1S/C10H11NO4/c1-15-6-9(12)11-8-5-3-2-4-7(8)10(13)14/h2-5H,6H2,1H3,(H,11,12)(H,13,14)/p-1. The third-order valence-corrected chi connectivity index (χ3v) is 1.70. The number of amides is 1. The fraction of sp³-hybridized carbons (Fsp3) is 0.200. The summed E-state index contributed by atoms with van der Waals surface area (Å²) in [7, 11) is 1.38. The zero-order valence-electron chi connectivity index (χ0n) is 8.15. The number of carbonyl (C=O) groups is 2. The van der Waals surface area contributed by atoms with E-state index in [1.54, 1.807) is 12.1 Å². The zero-order valence-corrected chi connectivity index (χ0v) is 8.15. The van der Waals surface area contributed by atoms with Gasteiger partial charge in [0, 0.05) is 18.4 Å². The fourth-order valence-electron chi connectivity index (χ4n) is 1.09. The molecule has 15 heavy (non-hydrogen) atoms. The Morgan fingerprint density at radius 2 is 2.07 bits per heavy atom. The number of nitrogens with one attached hydrogen (secondary N) is 1. The molecule has 0 atom stereocenters. The van der Waals surface area contributed by atoms with Crippen LogP contribution in [0, 0.1) is 0 Å². The highest BCUT2D eigenvalue weighted by Gasteiger charge is 2.06. The van der Waals surface area contributed by atoms with Crippen LogP contribution >= 0.6 is 0 Å². The van der Waals surface area contributed by atoms with Crippen molar-refractivity contribution in [2.45, 2.75) is 0 Å². The maximum Gasteiger partial charge on any atom is 0.250 e. The van der Waals surface area contributed by atoms with Crippen LogP contribution in [0.1, 0.15) is 10.4 Å². The fourth-order valence-corrected chi connectivity index (χ4v) is 1.09. The van der Waals surface area contributed by atoms with Gasteiger partial charge in [-0.05, 0) is 6.07 Å². The lowest BCUT2D eigenvalue weighted by molar-refractivity contribution is -0.254. The van der Waals surface area contributed by atoms with Crippen LogP contribution < -0.4 is 10.4 Å². The van der Waals surface area contributed by atoms with Crippen LogP contribution in [0.4, 0.5) is 5.69 Å². The minimum Gasteiger partial charge on any atom is -0.545 e. The van der Waals surface area contributed by atoms with Crippen LogP contribution in [0.3, 0.4) is 0 Å².